The van der Waals surface area contributed by atoms with Crippen molar-refractivity contribution in [2.24, 2.45) is 0 Å². The van der Waals surface area contributed by atoms with Crippen LogP contribution in [0.5, 0.6) is 0 Å². The zero-order valence-corrected chi connectivity index (χ0v) is 14.9. The van der Waals surface area contributed by atoms with Crippen molar-refractivity contribution in [2.75, 3.05) is 12.3 Å². The number of aryl methyl sites for hydroxylation is 1. The number of benzene rings is 1. The average molecular weight is 372 g/mol. The molecule has 2 N–H and O–H groups in total. The van der Waals surface area contributed by atoms with Crippen LogP contribution in [-0.4, -0.2) is 29.1 Å². The van der Waals surface area contributed by atoms with Crippen molar-refractivity contribution in [3.63, 3.8) is 0 Å². The highest BCUT2D eigenvalue weighted by molar-refractivity contribution is 7.90. The molecule has 0 aliphatic rings. The molecule has 0 radical (unpaired) electrons. The lowest BCUT2D eigenvalue weighted by atomic mass is 10.2. The number of nitrogens with one attached hydrogen (secondary N) is 2. The molecule has 0 amide bonds. The summed E-state index contributed by atoms with van der Waals surface area (Å²) in [6.07, 6.45) is 1.45. The fraction of sp³-hybridized carbons (Fsp3) is 0.333. The van der Waals surface area contributed by atoms with Gasteiger partial charge in [0.15, 0.2) is 0 Å². The Labute approximate surface area is 142 Å². The monoisotopic (exact) mass is 372 g/mol. The lowest BCUT2D eigenvalue weighted by Crippen LogP contribution is -2.34. The van der Waals surface area contributed by atoms with E-state index in [1.807, 2.05) is 19.1 Å². The summed E-state index contributed by atoms with van der Waals surface area (Å²) in [5.74, 6) is -0.0490. The summed E-state index contributed by atoms with van der Waals surface area (Å²) < 4.78 is 57.3. The van der Waals surface area contributed by atoms with Gasteiger partial charge in [-0.25, -0.2) is 26.3 Å². The molecule has 0 aliphatic carbocycles. The molecule has 1 heterocycles. The number of hydrogen-bond acceptors (Lipinski definition) is 5. The molecule has 2 aromatic rings. The van der Waals surface area contributed by atoms with E-state index in [0.29, 0.717) is 11.3 Å². The number of sulfonamides is 2. The smallest absolute Gasteiger partial charge is 0.215 e. The molecule has 1 aromatic carbocycles. The lowest BCUT2D eigenvalue weighted by Gasteiger charge is -2.08. The second kappa shape index (κ2) is 7.93. The SMILES string of the molecule is Cc1ccc(CS(=O)(=O)NCCS(=O)(=O)NCc2ccco2)cc1. The van der Waals surface area contributed by atoms with E-state index in [9.17, 15) is 16.8 Å². The second-order valence-electron chi connectivity index (χ2n) is 5.36. The zero-order chi connectivity index (χ0) is 17.6. The molecule has 132 valence electrons. The molecule has 0 fully saturated rings. The summed E-state index contributed by atoms with van der Waals surface area (Å²) in [6, 6.07) is 10.4. The third-order valence-electron chi connectivity index (χ3n) is 3.22. The largest absolute Gasteiger partial charge is 0.468 e. The van der Waals surface area contributed by atoms with Crippen LogP contribution in [-0.2, 0) is 32.3 Å². The van der Waals surface area contributed by atoms with Gasteiger partial charge in [-0.05, 0) is 24.6 Å². The summed E-state index contributed by atoms with van der Waals surface area (Å²) >= 11 is 0. The van der Waals surface area contributed by atoms with Crippen LogP contribution in [0.2, 0.25) is 0 Å². The fourth-order valence-corrected chi connectivity index (χ4v) is 4.11. The first-order valence-electron chi connectivity index (χ1n) is 7.28. The van der Waals surface area contributed by atoms with Crippen LogP contribution in [0.3, 0.4) is 0 Å². The molecule has 0 spiro atoms. The van der Waals surface area contributed by atoms with Crippen LogP contribution in [0.15, 0.2) is 47.1 Å². The summed E-state index contributed by atoms with van der Waals surface area (Å²) in [4.78, 5) is 0. The Morgan fingerprint density at radius 1 is 0.958 bits per heavy atom. The van der Waals surface area contributed by atoms with Gasteiger partial charge in [-0.3, -0.25) is 0 Å². The first-order valence-corrected chi connectivity index (χ1v) is 10.6. The Morgan fingerprint density at radius 2 is 1.67 bits per heavy atom. The van der Waals surface area contributed by atoms with E-state index in [-0.39, 0.29) is 24.6 Å². The molecule has 0 bridgehead atoms. The lowest BCUT2D eigenvalue weighted by molar-refractivity contribution is 0.498. The quantitative estimate of drug-likeness (QED) is 0.686. The van der Waals surface area contributed by atoms with Crippen LogP contribution in [0.1, 0.15) is 16.9 Å². The standard InChI is InChI=1S/C15H20N2O5S2/c1-13-4-6-14(7-5-13)12-24(20,21)16-8-10-23(18,19)17-11-15-3-2-9-22-15/h2-7,9,16-17H,8,10-12H2,1H3. The highest BCUT2D eigenvalue weighted by atomic mass is 32.2. The van der Waals surface area contributed by atoms with E-state index in [4.69, 9.17) is 4.42 Å². The van der Waals surface area contributed by atoms with Gasteiger partial charge in [-0.1, -0.05) is 29.8 Å². The van der Waals surface area contributed by atoms with E-state index in [1.54, 1.807) is 24.3 Å². The minimum atomic E-state index is -3.60. The summed E-state index contributed by atoms with van der Waals surface area (Å²) in [5.41, 5.74) is 1.68. The minimum absolute atomic E-state index is 0.0332. The number of hydrogen-bond donors (Lipinski definition) is 2. The maximum atomic E-state index is 12.0. The third-order valence-corrected chi connectivity index (χ3v) is 5.90. The van der Waals surface area contributed by atoms with Gasteiger partial charge in [-0.15, -0.1) is 0 Å². The summed E-state index contributed by atoms with van der Waals surface area (Å²) in [5, 5.41) is 0. The number of rotatable bonds is 9. The Morgan fingerprint density at radius 3 is 2.29 bits per heavy atom. The molecule has 0 unspecified atom stereocenters. The van der Waals surface area contributed by atoms with Crippen LogP contribution >= 0.6 is 0 Å². The Kier molecular flexibility index (Phi) is 6.16. The molecule has 2 rings (SSSR count). The molecule has 7 nitrogen and oxygen atoms in total. The van der Waals surface area contributed by atoms with Gasteiger partial charge in [0.1, 0.15) is 5.76 Å². The van der Waals surface area contributed by atoms with E-state index in [0.717, 1.165) is 5.56 Å². The Balaban J connectivity index is 1.80. The molecule has 9 heteroatoms. The van der Waals surface area contributed by atoms with Crippen molar-refractivity contribution >= 4 is 20.0 Å². The maximum absolute atomic E-state index is 12.0. The first kappa shape index (κ1) is 18.7. The van der Waals surface area contributed by atoms with Gasteiger partial charge in [0, 0.05) is 6.54 Å². The zero-order valence-electron chi connectivity index (χ0n) is 13.2. The number of furan rings is 1. The molecule has 0 saturated carbocycles. The summed E-state index contributed by atoms with van der Waals surface area (Å²) in [7, 11) is -7.18. The maximum Gasteiger partial charge on any atom is 0.215 e. The van der Waals surface area contributed by atoms with Gasteiger partial charge in [0.05, 0.1) is 24.3 Å². The first-order chi connectivity index (χ1) is 11.3. The van der Waals surface area contributed by atoms with E-state index >= 15 is 0 Å². The van der Waals surface area contributed by atoms with Crippen LogP contribution in [0.4, 0.5) is 0 Å². The Bertz CT molecular complexity index is 842. The molecular formula is C15H20N2O5S2. The molecule has 24 heavy (non-hydrogen) atoms. The van der Waals surface area contributed by atoms with Crippen molar-refractivity contribution in [3.05, 3.63) is 59.5 Å². The molecule has 0 atom stereocenters. The van der Waals surface area contributed by atoms with Crippen molar-refractivity contribution in [3.8, 4) is 0 Å². The van der Waals surface area contributed by atoms with E-state index in [1.165, 1.54) is 6.26 Å². The van der Waals surface area contributed by atoms with Gasteiger partial charge >= 0.3 is 0 Å². The van der Waals surface area contributed by atoms with Crippen molar-refractivity contribution < 1.29 is 21.3 Å². The van der Waals surface area contributed by atoms with Gasteiger partial charge in [-0.2, -0.15) is 0 Å². The normalized spacial score (nSPS) is 12.4. The van der Waals surface area contributed by atoms with Crippen molar-refractivity contribution in [1.82, 2.24) is 9.44 Å². The molecule has 0 aliphatic heterocycles. The predicted molar refractivity (Wildman–Crippen MR) is 91.1 cm³/mol. The van der Waals surface area contributed by atoms with E-state index < -0.39 is 20.0 Å². The van der Waals surface area contributed by atoms with Crippen LogP contribution in [0.25, 0.3) is 0 Å². The molecular weight excluding hydrogens is 352 g/mol. The van der Waals surface area contributed by atoms with Crippen LogP contribution < -0.4 is 9.44 Å². The van der Waals surface area contributed by atoms with Gasteiger partial charge in [0.2, 0.25) is 20.0 Å². The topological polar surface area (TPSA) is 105 Å². The minimum Gasteiger partial charge on any atom is -0.468 e. The highest BCUT2D eigenvalue weighted by Gasteiger charge is 2.15. The van der Waals surface area contributed by atoms with Crippen molar-refractivity contribution in [1.29, 1.82) is 0 Å². The molecule has 0 saturated heterocycles. The average Bonchev–Trinajstić information content (AvgIpc) is 3.00. The predicted octanol–water partition coefficient (Wildman–Crippen LogP) is 1.13. The van der Waals surface area contributed by atoms with Crippen LogP contribution in [0, 0.1) is 6.92 Å². The third kappa shape index (κ3) is 6.44. The highest BCUT2D eigenvalue weighted by Crippen LogP contribution is 2.07. The fourth-order valence-electron chi connectivity index (χ4n) is 1.95. The second-order valence-corrected chi connectivity index (χ2v) is 9.09. The Hall–Kier alpha value is -1.68. The molecule has 1 aromatic heterocycles. The van der Waals surface area contributed by atoms with Gasteiger partial charge < -0.3 is 4.42 Å². The summed E-state index contributed by atoms with van der Waals surface area (Å²) in [6.45, 7) is 1.75. The van der Waals surface area contributed by atoms with E-state index in [2.05, 4.69) is 9.44 Å². The van der Waals surface area contributed by atoms with Crippen molar-refractivity contribution in [2.45, 2.75) is 19.2 Å². The van der Waals surface area contributed by atoms with Gasteiger partial charge in [0.25, 0.3) is 0 Å².